The van der Waals surface area contributed by atoms with E-state index < -0.39 is 12.1 Å². The van der Waals surface area contributed by atoms with Gasteiger partial charge in [-0.2, -0.15) is 4.98 Å². The molecule has 0 radical (unpaired) electrons. The summed E-state index contributed by atoms with van der Waals surface area (Å²) in [6.07, 6.45) is 2.68. The molecule has 2 fully saturated rings. The SMILES string of the molecule is CC[C@H]1NC(=O)N(c2ccc(Oc3cccc4c3C3(CC3)CO4)nc2N)C1=O. The van der Waals surface area contributed by atoms with Gasteiger partial charge in [-0.25, -0.2) is 9.69 Å². The number of aromatic nitrogens is 1. The molecule has 144 valence electrons. The van der Waals surface area contributed by atoms with Gasteiger partial charge in [-0.3, -0.25) is 4.79 Å². The average Bonchev–Trinajstić information content (AvgIpc) is 3.28. The van der Waals surface area contributed by atoms with Crippen molar-refractivity contribution in [2.75, 3.05) is 17.2 Å². The number of nitrogens with zero attached hydrogens (tertiary/aromatic N) is 2. The first-order chi connectivity index (χ1) is 13.5. The third-order valence-electron chi connectivity index (χ3n) is 5.64. The normalized spacial score (nSPS) is 21.5. The zero-order valence-corrected chi connectivity index (χ0v) is 15.4. The van der Waals surface area contributed by atoms with Crippen molar-refractivity contribution in [3.05, 3.63) is 35.9 Å². The molecule has 1 saturated heterocycles. The lowest BCUT2D eigenvalue weighted by Gasteiger charge is -2.16. The second-order valence-electron chi connectivity index (χ2n) is 7.44. The van der Waals surface area contributed by atoms with Crippen LogP contribution in [0.5, 0.6) is 17.4 Å². The summed E-state index contributed by atoms with van der Waals surface area (Å²) in [5.74, 6) is 1.58. The lowest BCUT2D eigenvalue weighted by Crippen LogP contribution is -2.32. The van der Waals surface area contributed by atoms with Gasteiger partial charge in [-0.05, 0) is 37.5 Å². The Balaban J connectivity index is 1.44. The Hall–Kier alpha value is -3.29. The minimum Gasteiger partial charge on any atom is -0.492 e. The Bertz CT molecular complexity index is 1000. The topological polar surface area (TPSA) is 107 Å². The summed E-state index contributed by atoms with van der Waals surface area (Å²) in [7, 11) is 0. The fourth-order valence-electron chi connectivity index (χ4n) is 3.92. The van der Waals surface area contributed by atoms with Crippen LogP contribution in [0.25, 0.3) is 0 Å². The summed E-state index contributed by atoms with van der Waals surface area (Å²) < 4.78 is 11.8. The Morgan fingerprint density at radius 1 is 1.32 bits per heavy atom. The number of carbonyl (C=O) groups excluding carboxylic acids is 2. The van der Waals surface area contributed by atoms with Crippen molar-refractivity contribution in [2.45, 2.75) is 37.6 Å². The molecular formula is C20H20N4O4. The van der Waals surface area contributed by atoms with Gasteiger partial charge in [0.05, 0.1) is 12.3 Å². The number of rotatable bonds is 4. The van der Waals surface area contributed by atoms with Crippen molar-refractivity contribution in [3.8, 4) is 17.4 Å². The Morgan fingerprint density at radius 2 is 2.14 bits per heavy atom. The Kier molecular flexibility index (Phi) is 3.52. The lowest BCUT2D eigenvalue weighted by molar-refractivity contribution is -0.118. The lowest BCUT2D eigenvalue weighted by atomic mass is 9.97. The van der Waals surface area contributed by atoms with Gasteiger partial charge in [0.15, 0.2) is 5.82 Å². The summed E-state index contributed by atoms with van der Waals surface area (Å²) in [5.41, 5.74) is 7.46. The van der Waals surface area contributed by atoms with Gasteiger partial charge < -0.3 is 20.5 Å². The quantitative estimate of drug-likeness (QED) is 0.790. The molecule has 1 atom stereocenters. The van der Waals surface area contributed by atoms with Crippen LogP contribution in [0.1, 0.15) is 31.7 Å². The van der Waals surface area contributed by atoms with Crippen LogP contribution < -0.4 is 25.4 Å². The zero-order valence-electron chi connectivity index (χ0n) is 15.4. The van der Waals surface area contributed by atoms with E-state index in [0.717, 1.165) is 29.1 Å². The van der Waals surface area contributed by atoms with E-state index in [1.165, 1.54) is 0 Å². The molecule has 2 aromatic rings. The predicted molar refractivity (Wildman–Crippen MR) is 102 cm³/mol. The van der Waals surface area contributed by atoms with Crippen LogP contribution >= 0.6 is 0 Å². The van der Waals surface area contributed by atoms with Crippen LogP contribution in [0.3, 0.4) is 0 Å². The number of hydrogen-bond donors (Lipinski definition) is 2. The number of nitrogens with two attached hydrogens (primary N) is 1. The molecule has 8 nitrogen and oxygen atoms in total. The van der Waals surface area contributed by atoms with Crippen LogP contribution in [0, 0.1) is 0 Å². The number of nitrogens with one attached hydrogen (secondary N) is 1. The molecule has 2 aliphatic heterocycles. The smallest absolute Gasteiger partial charge is 0.329 e. The van der Waals surface area contributed by atoms with Crippen molar-refractivity contribution in [2.24, 2.45) is 0 Å². The van der Waals surface area contributed by atoms with Gasteiger partial charge in [0, 0.05) is 17.0 Å². The first kappa shape index (κ1) is 16.9. The number of carbonyl (C=O) groups is 2. The van der Waals surface area contributed by atoms with Crippen LogP contribution in [-0.2, 0) is 10.2 Å². The molecule has 1 aliphatic carbocycles. The number of hydrogen-bond acceptors (Lipinski definition) is 6. The standard InChI is InChI=1S/C20H20N4O4/c1-2-11-18(25)24(19(26)22-11)12-6-7-15(23-17(12)21)28-14-5-3-4-13-16(14)20(8-9-20)10-27-13/h3-7,11H,2,8-10H2,1H3,(H2,21,23)(H,22,26)/t11-/m1/s1. The fourth-order valence-corrected chi connectivity index (χ4v) is 3.92. The third-order valence-corrected chi connectivity index (χ3v) is 5.64. The molecule has 28 heavy (non-hydrogen) atoms. The van der Waals surface area contributed by atoms with Crippen LogP contribution in [0.2, 0.25) is 0 Å². The minimum atomic E-state index is -0.538. The number of imide groups is 1. The number of benzene rings is 1. The minimum absolute atomic E-state index is 0.0581. The van der Waals surface area contributed by atoms with E-state index in [4.69, 9.17) is 15.2 Å². The van der Waals surface area contributed by atoms with Crippen LogP contribution in [-0.4, -0.2) is 29.6 Å². The zero-order chi connectivity index (χ0) is 19.5. The van der Waals surface area contributed by atoms with Crippen LogP contribution in [0.15, 0.2) is 30.3 Å². The first-order valence-electron chi connectivity index (χ1n) is 9.37. The molecule has 5 rings (SSSR count). The maximum atomic E-state index is 12.4. The second-order valence-corrected chi connectivity index (χ2v) is 7.44. The van der Waals surface area contributed by atoms with Gasteiger partial charge in [0.25, 0.3) is 5.91 Å². The second kappa shape index (κ2) is 5.85. The van der Waals surface area contributed by atoms with E-state index in [0.29, 0.717) is 24.7 Å². The number of amides is 3. The van der Waals surface area contributed by atoms with Crippen molar-refractivity contribution in [1.82, 2.24) is 10.3 Å². The van der Waals surface area contributed by atoms with Gasteiger partial charge in [-0.15, -0.1) is 0 Å². The van der Waals surface area contributed by atoms with Gasteiger partial charge in [0.1, 0.15) is 17.5 Å². The highest BCUT2D eigenvalue weighted by Crippen LogP contribution is 2.58. The molecule has 3 amide bonds. The number of fused-ring (bicyclic) bond motifs is 2. The molecule has 0 bridgehead atoms. The first-order valence-corrected chi connectivity index (χ1v) is 9.37. The van der Waals surface area contributed by atoms with E-state index in [1.807, 2.05) is 25.1 Å². The molecule has 0 unspecified atom stereocenters. The summed E-state index contributed by atoms with van der Waals surface area (Å²) in [4.78, 5) is 29.9. The Morgan fingerprint density at radius 3 is 2.82 bits per heavy atom. The highest BCUT2D eigenvalue weighted by atomic mass is 16.5. The van der Waals surface area contributed by atoms with Crippen molar-refractivity contribution < 1.29 is 19.1 Å². The molecule has 1 aromatic carbocycles. The summed E-state index contributed by atoms with van der Waals surface area (Å²) in [5, 5.41) is 2.64. The average molecular weight is 380 g/mol. The number of pyridine rings is 1. The molecule has 3 aliphatic rings. The molecular weight excluding hydrogens is 360 g/mol. The largest absolute Gasteiger partial charge is 0.492 e. The molecule has 3 heterocycles. The summed E-state index contributed by atoms with van der Waals surface area (Å²) in [6, 6.07) is 7.88. The number of urea groups is 1. The molecule has 1 aromatic heterocycles. The van der Waals surface area contributed by atoms with E-state index in [2.05, 4.69) is 10.3 Å². The predicted octanol–water partition coefficient (Wildman–Crippen LogP) is 2.71. The number of nitrogen functional groups attached to an aromatic ring is 1. The molecule has 1 spiro atoms. The monoisotopic (exact) mass is 380 g/mol. The van der Waals surface area contributed by atoms with Crippen molar-refractivity contribution in [3.63, 3.8) is 0 Å². The van der Waals surface area contributed by atoms with Gasteiger partial charge in [0.2, 0.25) is 5.88 Å². The van der Waals surface area contributed by atoms with E-state index in [9.17, 15) is 9.59 Å². The summed E-state index contributed by atoms with van der Waals surface area (Å²) in [6.45, 7) is 2.52. The number of ether oxygens (including phenoxy) is 2. The third kappa shape index (κ3) is 2.41. The maximum Gasteiger partial charge on any atom is 0.329 e. The number of anilines is 2. The molecule has 8 heteroatoms. The highest BCUT2D eigenvalue weighted by Gasteiger charge is 2.52. The van der Waals surface area contributed by atoms with Crippen molar-refractivity contribution in [1.29, 1.82) is 0 Å². The fraction of sp³-hybridized carbons (Fsp3) is 0.350. The van der Waals surface area contributed by atoms with E-state index >= 15 is 0 Å². The molecule has 3 N–H and O–H groups in total. The van der Waals surface area contributed by atoms with E-state index in [1.54, 1.807) is 12.1 Å². The van der Waals surface area contributed by atoms with Crippen LogP contribution in [0.4, 0.5) is 16.3 Å². The van der Waals surface area contributed by atoms with Crippen molar-refractivity contribution >= 4 is 23.4 Å². The van der Waals surface area contributed by atoms with Gasteiger partial charge in [-0.1, -0.05) is 13.0 Å². The highest BCUT2D eigenvalue weighted by molar-refractivity contribution is 6.22. The maximum absolute atomic E-state index is 12.4. The summed E-state index contributed by atoms with van der Waals surface area (Å²) >= 11 is 0. The van der Waals surface area contributed by atoms with Gasteiger partial charge >= 0.3 is 6.03 Å². The Labute approximate surface area is 161 Å². The molecule has 1 saturated carbocycles. The van der Waals surface area contributed by atoms with E-state index in [-0.39, 0.29) is 22.8 Å².